The molecule has 20 heteroatoms. The number of aromatic nitrogens is 2. The Labute approximate surface area is 410 Å². The second kappa shape index (κ2) is 22.4. The molecule has 2 aromatic heterocycles. The van der Waals surface area contributed by atoms with Crippen LogP contribution in [0.25, 0.3) is 22.3 Å². The highest BCUT2D eigenvalue weighted by Crippen LogP contribution is 2.46. The van der Waals surface area contributed by atoms with Gasteiger partial charge in [-0.1, -0.05) is 53.2 Å². The lowest BCUT2D eigenvalue weighted by Crippen LogP contribution is -2.44. The largest absolute Gasteiger partial charge is 0.458 e. The minimum absolute atomic E-state index is 0.0204. The topological polar surface area (TPSA) is 261 Å². The number of carbonyl (C=O) groups excluding carboxylic acids is 8. The summed E-state index contributed by atoms with van der Waals surface area (Å²) >= 11 is 3.01. The highest BCUT2D eigenvalue weighted by molar-refractivity contribution is 9.09. The molecule has 2 aromatic carbocycles. The molecule has 2 aliphatic heterocycles. The first-order valence-corrected chi connectivity index (χ1v) is 24.5. The van der Waals surface area contributed by atoms with E-state index in [0.717, 1.165) is 16.7 Å². The molecule has 0 spiro atoms. The molecule has 5 amide bonds. The first-order chi connectivity index (χ1) is 33.5. The SMILES string of the molecule is CC[C@@]1(O)C(=O)OCc2c1cc1n(c2=O)Cc2c-1nc1cc(F)c(C)c3c1c2[C@@H](NC(=O)CCCNC(=O)CCC(=O)C(Cc1ccccc1)NC(=O)CCC(=O)CNC(=O)CCNC(=O)CBr)CC3. The van der Waals surface area contributed by atoms with Gasteiger partial charge in [0.1, 0.15) is 12.4 Å². The molecule has 0 radical (unpaired) electrons. The Kier molecular flexibility index (Phi) is 16.4. The maximum absolute atomic E-state index is 15.4. The predicted molar refractivity (Wildman–Crippen MR) is 256 cm³/mol. The Balaban J connectivity index is 0.926. The number of aryl methyl sites for hydroxylation is 1. The third-order valence-corrected chi connectivity index (χ3v) is 13.6. The number of benzene rings is 2. The number of nitrogens with one attached hydrogen (secondary N) is 5. The van der Waals surface area contributed by atoms with E-state index in [1.807, 2.05) is 6.07 Å². The van der Waals surface area contributed by atoms with Crippen LogP contribution in [0.15, 0.2) is 47.3 Å². The van der Waals surface area contributed by atoms with Gasteiger partial charge in [-0.05, 0) is 67.3 Å². The van der Waals surface area contributed by atoms with Gasteiger partial charge in [-0.25, -0.2) is 14.2 Å². The summed E-state index contributed by atoms with van der Waals surface area (Å²) in [5, 5.41) is 25.7. The van der Waals surface area contributed by atoms with Crippen molar-refractivity contribution in [2.45, 2.75) is 115 Å². The van der Waals surface area contributed by atoms with Crippen molar-refractivity contribution in [2.24, 2.45) is 0 Å². The van der Waals surface area contributed by atoms with Crippen LogP contribution in [0.4, 0.5) is 4.39 Å². The Hall–Kier alpha value is -6.67. The number of aliphatic hydroxyl groups is 1. The number of Topliss-reactive ketones (excluding diaryl/α,β-unsaturated/α-hetero) is 2. The molecule has 70 heavy (non-hydrogen) atoms. The highest BCUT2D eigenvalue weighted by atomic mass is 79.9. The van der Waals surface area contributed by atoms with E-state index in [4.69, 9.17) is 9.72 Å². The van der Waals surface area contributed by atoms with Gasteiger partial charge in [0.15, 0.2) is 17.2 Å². The maximum Gasteiger partial charge on any atom is 0.343 e. The fourth-order valence-corrected chi connectivity index (χ4v) is 9.49. The Morgan fingerprint density at radius 2 is 1.61 bits per heavy atom. The van der Waals surface area contributed by atoms with Crippen LogP contribution in [0.3, 0.4) is 0 Å². The average molecular weight is 1030 g/mol. The number of amides is 5. The lowest BCUT2D eigenvalue weighted by molar-refractivity contribution is -0.172. The second-order valence-electron chi connectivity index (χ2n) is 17.7. The normalized spacial score (nSPS) is 16.8. The summed E-state index contributed by atoms with van der Waals surface area (Å²) in [4.78, 5) is 120. The van der Waals surface area contributed by atoms with Crippen LogP contribution in [0, 0.1) is 12.7 Å². The molecular weight excluding hydrogens is 973 g/mol. The van der Waals surface area contributed by atoms with Crippen LogP contribution in [-0.4, -0.2) is 92.7 Å². The van der Waals surface area contributed by atoms with Crippen LogP contribution in [0.2, 0.25) is 0 Å². The van der Waals surface area contributed by atoms with Crippen LogP contribution in [0.5, 0.6) is 0 Å². The number of hydrogen-bond donors (Lipinski definition) is 6. The number of ether oxygens (including phenoxy) is 1. The van der Waals surface area contributed by atoms with E-state index in [9.17, 15) is 48.3 Å². The van der Waals surface area contributed by atoms with Gasteiger partial charge in [0.05, 0.1) is 53.0 Å². The quantitative estimate of drug-likeness (QED) is 0.0332. The molecule has 7 rings (SSSR count). The molecular formula is C50H55BrFN7O11. The van der Waals surface area contributed by atoms with Crippen molar-refractivity contribution in [3.63, 3.8) is 0 Å². The number of carbonyl (C=O) groups is 8. The van der Waals surface area contributed by atoms with Crippen molar-refractivity contribution in [2.75, 3.05) is 25.0 Å². The summed E-state index contributed by atoms with van der Waals surface area (Å²) in [6.45, 7) is 3.05. The van der Waals surface area contributed by atoms with Crippen molar-refractivity contribution in [3.05, 3.63) is 97.6 Å². The van der Waals surface area contributed by atoms with Gasteiger partial charge >= 0.3 is 5.97 Å². The summed E-state index contributed by atoms with van der Waals surface area (Å²) in [5.41, 5.74) is 2.34. The van der Waals surface area contributed by atoms with Gasteiger partial charge in [-0.15, -0.1) is 0 Å². The lowest BCUT2D eigenvalue weighted by atomic mass is 9.81. The Morgan fingerprint density at radius 1 is 0.886 bits per heavy atom. The number of halogens is 2. The molecule has 4 aromatic rings. The number of pyridine rings is 2. The van der Waals surface area contributed by atoms with Gasteiger partial charge in [-0.2, -0.15) is 0 Å². The highest BCUT2D eigenvalue weighted by Gasteiger charge is 2.46. The molecule has 1 unspecified atom stereocenters. The van der Waals surface area contributed by atoms with E-state index in [1.165, 1.54) is 10.6 Å². The van der Waals surface area contributed by atoms with Crippen LogP contribution >= 0.6 is 15.9 Å². The van der Waals surface area contributed by atoms with Crippen molar-refractivity contribution in [1.82, 2.24) is 36.1 Å². The van der Waals surface area contributed by atoms with Gasteiger partial charge in [0.25, 0.3) is 5.56 Å². The minimum Gasteiger partial charge on any atom is -0.458 e. The summed E-state index contributed by atoms with van der Waals surface area (Å²) < 4.78 is 22.1. The Morgan fingerprint density at radius 3 is 2.36 bits per heavy atom. The van der Waals surface area contributed by atoms with Crippen molar-refractivity contribution in [1.29, 1.82) is 0 Å². The smallest absolute Gasteiger partial charge is 0.343 e. The number of rotatable bonds is 22. The number of fused-ring (bicyclic) bond motifs is 5. The number of cyclic esters (lactones) is 1. The number of esters is 1. The molecule has 1 aliphatic carbocycles. The maximum atomic E-state index is 15.4. The van der Waals surface area contributed by atoms with Gasteiger partial charge in [0, 0.05) is 74.2 Å². The lowest BCUT2D eigenvalue weighted by Gasteiger charge is -2.31. The summed E-state index contributed by atoms with van der Waals surface area (Å²) in [6, 6.07) is 10.4. The second-order valence-corrected chi connectivity index (χ2v) is 18.3. The number of alkyl halides is 1. The van der Waals surface area contributed by atoms with Gasteiger partial charge < -0.3 is 41.0 Å². The van der Waals surface area contributed by atoms with Crippen LogP contribution < -0.4 is 32.1 Å². The fourth-order valence-electron chi connectivity index (χ4n) is 9.29. The molecule has 4 heterocycles. The molecule has 18 nitrogen and oxygen atoms in total. The van der Waals surface area contributed by atoms with E-state index in [-0.39, 0.29) is 125 Å². The minimum atomic E-state index is -2.03. The molecule has 3 aliphatic rings. The zero-order valence-electron chi connectivity index (χ0n) is 38.9. The van der Waals surface area contributed by atoms with Gasteiger partial charge in [-0.3, -0.25) is 38.4 Å². The van der Waals surface area contributed by atoms with E-state index in [2.05, 4.69) is 42.5 Å². The Bertz CT molecular complexity index is 2840. The summed E-state index contributed by atoms with van der Waals surface area (Å²) in [6.07, 6.45) is 0.519. The van der Waals surface area contributed by atoms with E-state index >= 15 is 4.39 Å². The van der Waals surface area contributed by atoms with Gasteiger partial charge in [0.2, 0.25) is 29.5 Å². The number of nitrogens with zero attached hydrogens (tertiary/aromatic N) is 2. The zero-order valence-corrected chi connectivity index (χ0v) is 40.5. The molecule has 370 valence electrons. The average Bonchev–Trinajstić information content (AvgIpc) is 3.72. The third kappa shape index (κ3) is 11.3. The standard InChI is InChI=1S/C50H55BrFN7O11/c1-3-50(69)33-21-38-47-31(25-59(38)48(67)32(33)26-70-49(50)68)46-35(13-12-30-27(2)34(52)22-37(58-47)45(30)46)56-42(64)10-7-18-53-40(62)16-14-39(61)36(20-28-8-5-4-6-9-28)57-43(65)15-11-29(60)24-55-41(63)17-19-54-44(66)23-51/h4-6,8-9,21-22,35-36,69H,3,7,10-20,23-26H2,1-2H3,(H,53,62)(H,54,66)(H,55,63)(H,56,64)(H,57,65)/t35-,36?,50-/m0/s1. The zero-order chi connectivity index (χ0) is 50.3. The van der Waals surface area contributed by atoms with E-state index in [1.54, 1.807) is 44.2 Å². The van der Waals surface area contributed by atoms with Crippen molar-refractivity contribution >= 4 is 73.9 Å². The molecule has 3 atom stereocenters. The van der Waals surface area contributed by atoms with Crippen LogP contribution in [0.1, 0.15) is 110 Å². The van der Waals surface area contributed by atoms with E-state index in [0.29, 0.717) is 46.3 Å². The third-order valence-electron chi connectivity index (χ3n) is 13.1. The van der Waals surface area contributed by atoms with E-state index < -0.39 is 58.5 Å². The summed E-state index contributed by atoms with van der Waals surface area (Å²) in [7, 11) is 0. The molecule has 0 fully saturated rings. The molecule has 0 saturated heterocycles. The number of hydrogen-bond acceptors (Lipinski definition) is 12. The predicted octanol–water partition coefficient (Wildman–Crippen LogP) is 2.97. The molecule has 0 saturated carbocycles. The monoisotopic (exact) mass is 1030 g/mol. The molecule has 6 N–H and O–H groups in total. The van der Waals surface area contributed by atoms with Crippen molar-refractivity contribution < 1.29 is 52.6 Å². The summed E-state index contributed by atoms with van der Waals surface area (Å²) in [5.74, 6) is -4.07. The van der Waals surface area contributed by atoms with Crippen molar-refractivity contribution in [3.8, 4) is 11.4 Å². The first kappa shape index (κ1) is 51.2. The fraction of sp³-hybridized carbons (Fsp3) is 0.440. The van der Waals surface area contributed by atoms with Crippen LogP contribution in [-0.2, 0) is 74.7 Å². The molecule has 0 bridgehead atoms. The number of ketones is 2. The first-order valence-electron chi connectivity index (χ1n) is 23.4.